The molecule has 0 radical (unpaired) electrons. The van der Waals surface area contributed by atoms with Crippen molar-refractivity contribution in [3.8, 4) is 0 Å². The molecule has 0 unspecified atom stereocenters. The second-order valence-electron chi connectivity index (χ2n) is 5.54. The average molecular weight is 353 g/mol. The van der Waals surface area contributed by atoms with Gasteiger partial charge in [0.25, 0.3) is 11.6 Å². The van der Waals surface area contributed by atoms with E-state index in [1.165, 1.54) is 23.9 Å². The van der Waals surface area contributed by atoms with E-state index < -0.39 is 4.92 Å². The Hall–Kier alpha value is -2.93. The van der Waals surface area contributed by atoms with E-state index in [9.17, 15) is 14.9 Å². The number of hydrogen-bond acceptors (Lipinski definition) is 5. The van der Waals surface area contributed by atoms with Crippen LogP contribution in [0.3, 0.4) is 0 Å². The molecule has 1 heterocycles. The van der Waals surface area contributed by atoms with Crippen LogP contribution in [-0.4, -0.2) is 16.0 Å². The van der Waals surface area contributed by atoms with Crippen LogP contribution in [0.5, 0.6) is 0 Å². The van der Waals surface area contributed by atoms with Gasteiger partial charge in [-0.05, 0) is 48.9 Å². The molecule has 2 aromatic carbocycles. The molecule has 0 aliphatic carbocycles. The van der Waals surface area contributed by atoms with Gasteiger partial charge in [0.05, 0.1) is 21.1 Å². The van der Waals surface area contributed by atoms with Gasteiger partial charge in [-0.15, -0.1) is 0 Å². The smallest absolute Gasteiger partial charge is 0.276 e. The highest BCUT2D eigenvalue weighted by Crippen LogP contribution is 2.32. The van der Waals surface area contributed by atoms with Crippen LogP contribution < -0.4 is 5.32 Å². The number of amidine groups is 1. The summed E-state index contributed by atoms with van der Waals surface area (Å²) >= 11 is 1.17. The summed E-state index contributed by atoms with van der Waals surface area (Å²) in [6.07, 6.45) is 1.52. The van der Waals surface area contributed by atoms with Gasteiger partial charge in [0, 0.05) is 6.07 Å². The zero-order chi connectivity index (χ0) is 18.0. The number of aryl methyl sites for hydroxylation is 2. The number of nitro groups is 1. The molecule has 0 aromatic heterocycles. The topological polar surface area (TPSA) is 84.6 Å². The Labute approximate surface area is 148 Å². The molecule has 6 nitrogen and oxygen atoms in total. The number of thioether (sulfide) groups is 1. The van der Waals surface area contributed by atoms with Crippen molar-refractivity contribution in [2.45, 2.75) is 13.8 Å². The van der Waals surface area contributed by atoms with Gasteiger partial charge in [0.1, 0.15) is 0 Å². The van der Waals surface area contributed by atoms with Crippen molar-refractivity contribution < 1.29 is 9.72 Å². The lowest BCUT2D eigenvalue weighted by Gasteiger charge is -2.04. The SMILES string of the molecule is Cc1cccc(C)c1N=C1NC(=O)/C(=C\c2ccccc2[N+](=O)[O-])S1. The summed E-state index contributed by atoms with van der Waals surface area (Å²) < 4.78 is 0. The molecule has 0 spiro atoms. The lowest BCUT2D eigenvalue weighted by Crippen LogP contribution is -2.19. The largest absolute Gasteiger partial charge is 0.300 e. The van der Waals surface area contributed by atoms with E-state index in [0.717, 1.165) is 16.8 Å². The van der Waals surface area contributed by atoms with Crippen LogP contribution in [0, 0.1) is 24.0 Å². The van der Waals surface area contributed by atoms with Crippen LogP contribution in [0.4, 0.5) is 11.4 Å². The first-order chi connectivity index (χ1) is 12.0. The molecule has 2 aromatic rings. The molecule has 126 valence electrons. The predicted molar refractivity (Wildman–Crippen MR) is 99.8 cm³/mol. The number of rotatable bonds is 3. The number of para-hydroxylation sites is 2. The standard InChI is InChI=1S/C18H15N3O3S/c1-11-6-5-7-12(2)16(11)19-18-20-17(22)15(25-18)10-13-8-3-4-9-14(13)21(23)24/h3-10H,1-2H3,(H,19,20,22)/b15-10+. The zero-order valence-corrected chi connectivity index (χ0v) is 14.5. The van der Waals surface area contributed by atoms with Crippen molar-refractivity contribution in [2.75, 3.05) is 0 Å². The summed E-state index contributed by atoms with van der Waals surface area (Å²) in [4.78, 5) is 27.7. The van der Waals surface area contributed by atoms with Gasteiger partial charge >= 0.3 is 0 Å². The molecular formula is C18H15N3O3S. The first-order valence-corrected chi connectivity index (χ1v) is 8.36. The molecule has 0 saturated carbocycles. The van der Waals surface area contributed by atoms with Gasteiger partial charge in [-0.2, -0.15) is 0 Å². The summed E-state index contributed by atoms with van der Waals surface area (Å²) in [5.41, 5.74) is 3.19. The average Bonchev–Trinajstić information content (AvgIpc) is 2.91. The third-order valence-electron chi connectivity index (χ3n) is 3.72. The molecule has 1 N–H and O–H groups in total. The van der Waals surface area contributed by atoms with Crippen LogP contribution in [0.15, 0.2) is 52.4 Å². The maximum Gasteiger partial charge on any atom is 0.276 e. The third-order valence-corrected chi connectivity index (χ3v) is 4.63. The van der Waals surface area contributed by atoms with Gasteiger partial charge in [-0.25, -0.2) is 4.99 Å². The molecule has 1 saturated heterocycles. The molecule has 7 heteroatoms. The first kappa shape index (κ1) is 16.9. The predicted octanol–water partition coefficient (Wildman–Crippen LogP) is 4.10. The maximum atomic E-state index is 12.2. The molecule has 3 rings (SSSR count). The molecule has 1 fully saturated rings. The van der Waals surface area contributed by atoms with Crippen LogP contribution in [0.1, 0.15) is 16.7 Å². The molecule has 0 bridgehead atoms. The van der Waals surface area contributed by atoms with Gasteiger partial charge in [-0.3, -0.25) is 14.9 Å². The van der Waals surface area contributed by atoms with Crippen molar-refractivity contribution >= 4 is 40.3 Å². The van der Waals surface area contributed by atoms with Crippen LogP contribution in [0.25, 0.3) is 6.08 Å². The number of carbonyl (C=O) groups is 1. The Morgan fingerprint density at radius 3 is 2.48 bits per heavy atom. The number of carbonyl (C=O) groups excluding carboxylic acids is 1. The van der Waals surface area contributed by atoms with E-state index in [0.29, 0.717) is 15.6 Å². The number of amides is 1. The highest BCUT2D eigenvalue weighted by Gasteiger charge is 2.25. The summed E-state index contributed by atoms with van der Waals surface area (Å²) in [6, 6.07) is 12.2. The van der Waals surface area contributed by atoms with Gasteiger partial charge < -0.3 is 5.32 Å². The van der Waals surface area contributed by atoms with Gasteiger partial charge in [-0.1, -0.05) is 30.3 Å². The monoisotopic (exact) mass is 353 g/mol. The zero-order valence-electron chi connectivity index (χ0n) is 13.6. The molecule has 0 atom stereocenters. The summed E-state index contributed by atoms with van der Waals surface area (Å²) in [7, 11) is 0. The Balaban J connectivity index is 1.94. The number of nitro benzene ring substituents is 1. The minimum absolute atomic E-state index is 0.0384. The van der Waals surface area contributed by atoms with E-state index in [4.69, 9.17) is 0 Å². The fourth-order valence-corrected chi connectivity index (χ4v) is 3.30. The molecule has 1 aliphatic rings. The molecule has 25 heavy (non-hydrogen) atoms. The van der Waals surface area contributed by atoms with E-state index in [2.05, 4.69) is 10.3 Å². The van der Waals surface area contributed by atoms with Crippen molar-refractivity contribution in [2.24, 2.45) is 4.99 Å². The Kier molecular flexibility index (Phi) is 4.67. The highest BCUT2D eigenvalue weighted by molar-refractivity contribution is 8.18. The summed E-state index contributed by atoms with van der Waals surface area (Å²) in [5.74, 6) is -0.312. The van der Waals surface area contributed by atoms with Crippen molar-refractivity contribution in [1.29, 1.82) is 0 Å². The number of benzene rings is 2. The van der Waals surface area contributed by atoms with E-state index in [1.807, 2.05) is 32.0 Å². The number of nitrogens with one attached hydrogen (secondary N) is 1. The highest BCUT2D eigenvalue weighted by atomic mass is 32.2. The van der Waals surface area contributed by atoms with Gasteiger partial charge in [0.15, 0.2) is 5.17 Å². The molecule has 1 amide bonds. The minimum atomic E-state index is -0.463. The second-order valence-corrected chi connectivity index (χ2v) is 6.57. The normalized spacial score (nSPS) is 17.1. The third kappa shape index (κ3) is 3.61. The van der Waals surface area contributed by atoms with Crippen molar-refractivity contribution in [1.82, 2.24) is 5.32 Å². The summed E-state index contributed by atoms with van der Waals surface area (Å²) in [6.45, 7) is 3.91. The number of hydrogen-bond donors (Lipinski definition) is 1. The van der Waals surface area contributed by atoms with E-state index >= 15 is 0 Å². The molecule has 1 aliphatic heterocycles. The summed E-state index contributed by atoms with van der Waals surface area (Å²) in [5, 5.41) is 14.3. The Morgan fingerprint density at radius 1 is 1.12 bits per heavy atom. The lowest BCUT2D eigenvalue weighted by atomic mass is 10.1. The Morgan fingerprint density at radius 2 is 1.80 bits per heavy atom. The maximum absolute atomic E-state index is 12.2. The number of aliphatic imine (C=N–C) groups is 1. The second kappa shape index (κ2) is 6.90. The van der Waals surface area contributed by atoms with Crippen LogP contribution in [0.2, 0.25) is 0 Å². The van der Waals surface area contributed by atoms with E-state index in [1.54, 1.807) is 18.2 Å². The lowest BCUT2D eigenvalue weighted by molar-refractivity contribution is -0.385. The number of nitrogens with zero attached hydrogens (tertiary/aromatic N) is 2. The molecular weight excluding hydrogens is 338 g/mol. The van der Waals surface area contributed by atoms with Gasteiger partial charge in [0.2, 0.25) is 0 Å². The van der Waals surface area contributed by atoms with Crippen LogP contribution in [-0.2, 0) is 4.79 Å². The van der Waals surface area contributed by atoms with Crippen molar-refractivity contribution in [3.05, 3.63) is 74.2 Å². The fraction of sp³-hybridized carbons (Fsp3) is 0.111. The van der Waals surface area contributed by atoms with E-state index in [-0.39, 0.29) is 11.6 Å². The van der Waals surface area contributed by atoms with Crippen LogP contribution >= 0.6 is 11.8 Å². The fourth-order valence-electron chi connectivity index (χ4n) is 2.48. The minimum Gasteiger partial charge on any atom is -0.300 e. The quantitative estimate of drug-likeness (QED) is 0.511. The van der Waals surface area contributed by atoms with Crippen molar-refractivity contribution in [3.63, 3.8) is 0 Å². The Bertz CT molecular complexity index is 915. The first-order valence-electron chi connectivity index (χ1n) is 7.55.